The SMILES string of the molecule is Cn1ncc2c(=O)n(CC(Cl)C(=O)O)cnc21. The van der Waals surface area contributed by atoms with Gasteiger partial charge in [0.25, 0.3) is 5.56 Å². The number of carboxylic acid groups (broad SMARTS) is 1. The van der Waals surface area contributed by atoms with Crippen LogP contribution in [0.3, 0.4) is 0 Å². The molecule has 0 radical (unpaired) electrons. The van der Waals surface area contributed by atoms with E-state index in [9.17, 15) is 9.59 Å². The number of nitrogens with zero attached hydrogens (tertiary/aromatic N) is 4. The van der Waals surface area contributed by atoms with Gasteiger partial charge in [0.2, 0.25) is 0 Å². The van der Waals surface area contributed by atoms with Crippen molar-refractivity contribution in [1.29, 1.82) is 0 Å². The highest BCUT2D eigenvalue weighted by molar-refractivity contribution is 6.29. The summed E-state index contributed by atoms with van der Waals surface area (Å²) in [6, 6.07) is 0. The first-order chi connectivity index (χ1) is 8.00. The topological polar surface area (TPSA) is 90.0 Å². The molecule has 0 bridgehead atoms. The van der Waals surface area contributed by atoms with Gasteiger partial charge in [-0.1, -0.05) is 0 Å². The fourth-order valence-corrected chi connectivity index (χ4v) is 1.60. The maximum absolute atomic E-state index is 11.9. The number of hydrogen-bond donors (Lipinski definition) is 1. The first-order valence-electron chi connectivity index (χ1n) is 4.74. The highest BCUT2D eigenvalue weighted by atomic mass is 35.5. The van der Waals surface area contributed by atoms with Crippen LogP contribution in [0.15, 0.2) is 17.3 Å². The highest BCUT2D eigenvalue weighted by Gasteiger charge is 2.16. The minimum absolute atomic E-state index is 0.131. The molecule has 0 aliphatic heterocycles. The van der Waals surface area contributed by atoms with Crippen molar-refractivity contribution in [3.63, 3.8) is 0 Å². The summed E-state index contributed by atoms with van der Waals surface area (Å²) in [5.74, 6) is -1.18. The molecule has 8 heteroatoms. The average Bonchev–Trinajstić information content (AvgIpc) is 2.65. The number of alkyl halides is 1. The molecule has 0 aliphatic carbocycles. The Kier molecular flexibility index (Phi) is 2.84. The first kappa shape index (κ1) is 11.6. The number of halogens is 1. The number of carboxylic acids is 1. The van der Waals surface area contributed by atoms with Crippen molar-refractivity contribution in [3.8, 4) is 0 Å². The van der Waals surface area contributed by atoms with Gasteiger partial charge in [0.15, 0.2) is 5.65 Å². The lowest BCUT2D eigenvalue weighted by Crippen LogP contribution is -2.28. The Bertz CT molecular complexity index is 633. The van der Waals surface area contributed by atoms with Crippen LogP contribution < -0.4 is 5.56 Å². The van der Waals surface area contributed by atoms with Crippen molar-refractivity contribution in [2.75, 3.05) is 0 Å². The molecule has 0 aliphatic rings. The first-order valence-corrected chi connectivity index (χ1v) is 5.18. The van der Waals surface area contributed by atoms with E-state index < -0.39 is 11.3 Å². The fourth-order valence-electron chi connectivity index (χ4n) is 1.45. The van der Waals surface area contributed by atoms with Crippen LogP contribution in [0.5, 0.6) is 0 Å². The van der Waals surface area contributed by atoms with Gasteiger partial charge in [0, 0.05) is 7.05 Å². The van der Waals surface area contributed by atoms with Crippen molar-refractivity contribution in [3.05, 3.63) is 22.9 Å². The number of carbonyl (C=O) groups is 1. The molecule has 0 amide bonds. The summed E-state index contributed by atoms with van der Waals surface area (Å²) in [5, 5.41) is 11.7. The lowest BCUT2D eigenvalue weighted by molar-refractivity contribution is -0.136. The number of rotatable bonds is 3. The minimum atomic E-state index is -1.18. The van der Waals surface area contributed by atoms with Crippen LogP contribution in [0, 0.1) is 0 Å². The summed E-state index contributed by atoms with van der Waals surface area (Å²) in [4.78, 5) is 26.5. The van der Waals surface area contributed by atoms with E-state index in [4.69, 9.17) is 16.7 Å². The molecule has 17 heavy (non-hydrogen) atoms. The van der Waals surface area contributed by atoms with E-state index >= 15 is 0 Å². The minimum Gasteiger partial charge on any atom is -0.480 e. The molecule has 0 saturated heterocycles. The van der Waals surface area contributed by atoms with Crippen LogP contribution in [-0.4, -0.2) is 35.8 Å². The van der Waals surface area contributed by atoms with E-state index in [0.717, 1.165) is 4.57 Å². The lowest BCUT2D eigenvalue weighted by Gasteiger charge is -2.06. The summed E-state index contributed by atoms with van der Waals surface area (Å²) in [5.41, 5.74) is 0.0997. The van der Waals surface area contributed by atoms with Gasteiger partial charge in [-0.3, -0.25) is 18.8 Å². The van der Waals surface area contributed by atoms with Crippen LogP contribution in [0.4, 0.5) is 0 Å². The Morgan fingerprint density at radius 1 is 1.65 bits per heavy atom. The van der Waals surface area contributed by atoms with Crippen LogP contribution in [0.1, 0.15) is 0 Å². The third kappa shape index (κ3) is 2.01. The maximum Gasteiger partial charge on any atom is 0.323 e. The van der Waals surface area contributed by atoms with E-state index in [2.05, 4.69) is 10.1 Å². The number of aryl methyl sites for hydroxylation is 1. The number of fused-ring (bicyclic) bond motifs is 1. The van der Waals surface area contributed by atoms with E-state index in [-0.39, 0.29) is 12.1 Å². The van der Waals surface area contributed by atoms with Crippen LogP contribution >= 0.6 is 11.6 Å². The summed E-state index contributed by atoms with van der Waals surface area (Å²) in [6.07, 6.45) is 2.66. The van der Waals surface area contributed by atoms with Crippen LogP contribution in [0.25, 0.3) is 11.0 Å². The predicted molar refractivity (Wildman–Crippen MR) is 60.0 cm³/mol. The number of aliphatic carboxylic acids is 1. The van der Waals surface area contributed by atoms with Crippen molar-refractivity contribution in [2.45, 2.75) is 11.9 Å². The molecular weight excluding hydrogens is 248 g/mol. The molecule has 2 aromatic rings. The van der Waals surface area contributed by atoms with Crippen molar-refractivity contribution >= 4 is 28.6 Å². The Morgan fingerprint density at radius 2 is 2.35 bits per heavy atom. The zero-order valence-corrected chi connectivity index (χ0v) is 9.63. The molecule has 0 spiro atoms. The average molecular weight is 257 g/mol. The third-order valence-corrected chi connectivity index (χ3v) is 2.67. The second-order valence-electron chi connectivity index (χ2n) is 3.51. The zero-order valence-electron chi connectivity index (χ0n) is 8.87. The molecular formula is C9H9ClN4O3. The molecule has 0 aromatic carbocycles. The molecule has 0 saturated carbocycles. The largest absolute Gasteiger partial charge is 0.480 e. The number of aromatic nitrogens is 4. The van der Waals surface area contributed by atoms with Crippen LogP contribution in [-0.2, 0) is 18.4 Å². The molecule has 7 nitrogen and oxygen atoms in total. The van der Waals surface area contributed by atoms with E-state index in [1.807, 2.05) is 0 Å². The van der Waals surface area contributed by atoms with Gasteiger partial charge in [0.05, 0.1) is 12.7 Å². The molecule has 0 fully saturated rings. The zero-order chi connectivity index (χ0) is 12.6. The summed E-state index contributed by atoms with van der Waals surface area (Å²) < 4.78 is 2.63. The molecule has 2 heterocycles. The molecule has 90 valence electrons. The summed E-state index contributed by atoms with van der Waals surface area (Å²) >= 11 is 5.57. The van der Waals surface area contributed by atoms with E-state index in [1.54, 1.807) is 7.05 Å². The molecule has 1 unspecified atom stereocenters. The normalized spacial score (nSPS) is 12.8. The van der Waals surface area contributed by atoms with Gasteiger partial charge < -0.3 is 5.11 Å². The second-order valence-corrected chi connectivity index (χ2v) is 4.04. The van der Waals surface area contributed by atoms with E-state index in [1.165, 1.54) is 17.2 Å². The standard InChI is InChI=1S/C9H9ClN4O3/c1-13-7-5(2-12-13)8(15)14(4-11-7)3-6(10)9(16)17/h2,4,6H,3H2,1H3,(H,16,17). The van der Waals surface area contributed by atoms with Crippen LogP contribution in [0.2, 0.25) is 0 Å². The molecule has 1 N–H and O–H groups in total. The summed E-state index contributed by atoms with van der Waals surface area (Å²) in [7, 11) is 1.67. The lowest BCUT2D eigenvalue weighted by atomic mass is 10.4. The van der Waals surface area contributed by atoms with Gasteiger partial charge in [0.1, 0.15) is 17.1 Å². The Labute approximate surface area is 100 Å². The maximum atomic E-state index is 11.9. The quantitative estimate of drug-likeness (QED) is 0.770. The monoisotopic (exact) mass is 256 g/mol. The van der Waals surface area contributed by atoms with Crippen molar-refractivity contribution < 1.29 is 9.90 Å². The van der Waals surface area contributed by atoms with Gasteiger partial charge in [-0.2, -0.15) is 5.10 Å². The van der Waals surface area contributed by atoms with Gasteiger partial charge in [-0.05, 0) is 0 Å². The highest BCUT2D eigenvalue weighted by Crippen LogP contribution is 2.05. The van der Waals surface area contributed by atoms with Crippen molar-refractivity contribution in [2.24, 2.45) is 7.05 Å². The molecule has 1 atom stereocenters. The van der Waals surface area contributed by atoms with Crippen molar-refractivity contribution in [1.82, 2.24) is 19.3 Å². The van der Waals surface area contributed by atoms with Gasteiger partial charge in [-0.25, -0.2) is 4.98 Å². The van der Waals surface area contributed by atoms with Gasteiger partial charge in [-0.15, -0.1) is 11.6 Å². The Hall–Kier alpha value is -1.89. The van der Waals surface area contributed by atoms with Gasteiger partial charge >= 0.3 is 5.97 Å². The predicted octanol–water partition coefficient (Wildman–Crippen LogP) is -0.178. The van der Waals surface area contributed by atoms with E-state index in [0.29, 0.717) is 11.0 Å². The Morgan fingerprint density at radius 3 is 3.00 bits per heavy atom. The smallest absolute Gasteiger partial charge is 0.323 e. The number of hydrogen-bond acceptors (Lipinski definition) is 4. The molecule has 2 rings (SSSR count). The third-order valence-electron chi connectivity index (χ3n) is 2.34. The summed E-state index contributed by atoms with van der Waals surface area (Å²) in [6.45, 7) is -0.131. The second kappa shape index (κ2) is 4.17. The molecule has 2 aromatic heterocycles. The fraction of sp³-hybridized carbons (Fsp3) is 0.333. The Balaban J connectivity index is 2.46.